The normalized spacial score (nSPS) is 10.2. The number of hydrogen-bond donors (Lipinski definition) is 2. The van der Waals surface area contributed by atoms with Crippen molar-refractivity contribution >= 4 is 11.7 Å². The summed E-state index contributed by atoms with van der Waals surface area (Å²) in [6, 6.07) is 13.1. The predicted molar refractivity (Wildman–Crippen MR) is 94.7 cm³/mol. The summed E-state index contributed by atoms with van der Waals surface area (Å²) in [6.07, 6.45) is 4.38. The summed E-state index contributed by atoms with van der Waals surface area (Å²) in [6.45, 7) is 1.91. The lowest BCUT2D eigenvalue weighted by Crippen LogP contribution is -2.13. The second kappa shape index (κ2) is 7.41. The molecule has 0 bridgehead atoms. The maximum atomic E-state index is 12.2. The van der Waals surface area contributed by atoms with Crippen molar-refractivity contribution in [1.29, 1.82) is 5.26 Å². The molecule has 0 aliphatic carbocycles. The number of rotatable bonds is 5. The second-order valence-corrected chi connectivity index (χ2v) is 5.67. The van der Waals surface area contributed by atoms with Gasteiger partial charge in [-0.15, -0.1) is 0 Å². The molecular weight excluding hydrogens is 314 g/mol. The molecule has 0 atom stereocenters. The van der Waals surface area contributed by atoms with Gasteiger partial charge < -0.3 is 5.32 Å². The van der Waals surface area contributed by atoms with E-state index in [2.05, 4.69) is 26.6 Å². The van der Waals surface area contributed by atoms with Crippen molar-refractivity contribution in [2.75, 3.05) is 5.32 Å². The number of aromatic amines is 1. The van der Waals surface area contributed by atoms with Gasteiger partial charge in [0.05, 0.1) is 17.3 Å². The van der Waals surface area contributed by atoms with Gasteiger partial charge in [-0.2, -0.15) is 10.4 Å². The number of aryl methyl sites for hydroxylation is 1. The minimum absolute atomic E-state index is 0.0858. The molecule has 6 nitrogen and oxygen atoms in total. The summed E-state index contributed by atoms with van der Waals surface area (Å²) in [5, 5.41) is 18.8. The van der Waals surface area contributed by atoms with Crippen LogP contribution in [0.2, 0.25) is 0 Å². The molecule has 2 heterocycles. The Hall–Kier alpha value is -3.46. The highest BCUT2D eigenvalue weighted by Gasteiger charge is 2.13. The summed E-state index contributed by atoms with van der Waals surface area (Å²) in [5.74, 6) is 0.522. The predicted octanol–water partition coefficient (Wildman–Crippen LogP) is 3.22. The third-order valence-corrected chi connectivity index (χ3v) is 3.95. The number of anilines is 1. The first-order valence-corrected chi connectivity index (χ1v) is 7.91. The number of carbonyl (C=O) groups excluding carboxylic acids is 1. The molecule has 0 aliphatic rings. The van der Waals surface area contributed by atoms with E-state index in [1.165, 1.54) is 0 Å². The number of nitrogens with zero attached hydrogens (tertiary/aromatic N) is 3. The van der Waals surface area contributed by atoms with Crippen LogP contribution in [0.1, 0.15) is 23.1 Å². The van der Waals surface area contributed by atoms with E-state index in [1.54, 1.807) is 24.5 Å². The molecule has 0 fully saturated rings. The van der Waals surface area contributed by atoms with E-state index in [1.807, 2.05) is 31.2 Å². The molecule has 124 valence electrons. The number of nitriles is 1. The van der Waals surface area contributed by atoms with Crippen LogP contribution in [-0.2, 0) is 11.2 Å². The van der Waals surface area contributed by atoms with Crippen molar-refractivity contribution in [2.45, 2.75) is 19.8 Å². The van der Waals surface area contributed by atoms with Gasteiger partial charge in [0.15, 0.2) is 0 Å². The van der Waals surface area contributed by atoms with E-state index in [4.69, 9.17) is 5.26 Å². The van der Waals surface area contributed by atoms with Crippen molar-refractivity contribution in [1.82, 2.24) is 15.2 Å². The van der Waals surface area contributed by atoms with Crippen LogP contribution < -0.4 is 5.32 Å². The fraction of sp³-hybridized carbons (Fsp3) is 0.158. The average Bonchev–Trinajstić information content (AvgIpc) is 3.01. The van der Waals surface area contributed by atoms with E-state index in [0.29, 0.717) is 24.2 Å². The number of nitrogens with one attached hydrogen (secondary N) is 2. The lowest BCUT2D eigenvalue weighted by Gasteiger charge is -2.05. The smallest absolute Gasteiger partial charge is 0.225 e. The molecule has 0 saturated carbocycles. The SMILES string of the molecule is Cc1c(-c2ccncc2)n[nH]c1NC(=O)CCc1ccc(C#N)cc1. The maximum Gasteiger partial charge on any atom is 0.225 e. The Morgan fingerprint density at radius 1 is 1.20 bits per heavy atom. The van der Waals surface area contributed by atoms with Gasteiger partial charge in [-0.25, -0.2) is 0 Å². The lowest BCUT2D eigenvalue weighted by molar-refractivity contribution is -0.116. The van der Waals surface area contributed by atoms with Crippen LogP contribution in [0, 0.1) is 18.3 Å². The average molecular weight is 331 g/mol. The summed E-state index contributed by atoms with van der Waals surface area (Å²) < 4.78 is 0. The Morgan fingerprint density at radius 3 is 2.60 bits per heavy atom. The number of pyridine rings is 1. The van der Waals surface area contributed by atoms with Gasteiger partial charge >= 0.3 is 0 Å². The highest BCUT2D eigenvalue weighted by molar-refractivity contribution is 5.91. The largest absolute Gasteiger partial charge is 0.311 e. The number of hydrogen-bond acceptors (Lipinski definition) is 4. The molecule has 0 unspecified atom stereocenters. The summed E-state index contributed by atoms with van der Waals surface area (Å²) in [7, 11) is 0. The molecule has 25 heavy (non-hydrogen) atoms. The summed E-state index contributed by atoms with van der Waals surface area (Å²) >= 11 is 0. The molecule has 0 radical (unpaired) electrons. The maximum absolute atomic E-state index is 12.2. The van der Waals surface area contributed by atoms with Crippen LogP contribution in [0.3, 0.4) is 0 Å². The first kappa shape index (κ1) is 16.4. The van der Waals surface area contributed by atoms with Crippen molar-refractivity contribution in [3.63, 3.8) is 0 Å². The molecule has 6 heteroatoms. The highest BCUT2D eigenvalue weighted by Crippen LogP contribution is 2.25. The van der Waals surface area contributed by atoms with E-state index in [9.17, 15) is 4.79 Å². The Bertz CT molecular complexity index is 907. The van der Waals surface area contributed by atoms with Gasteiger partial charge in [0.25, 0.3) is 0 Å². The van der Waals surface area contributed by atoms with Crippen LogP contribution in [0.4, 0.5) is 5.82 Å². The van der Waals surface area contributed by atoms with Crippen molar-refractivity contribution < 1.29 is 4.79 Å². The summed E-state index contributed by atoms with van der Waals surface area (Å²) in [5.41, 5.74) is 4.27. The zero-order valence-corrected chi connectivity index (χ0v) is 13.8. The molecule has 1 amide bonds. The fourth-order valence-electron chi connectivity index (χ4n) is 2.52. The van der Waals surface area contributed by atoms with Crippen molar-refractivity contribution in [3.05, 3.63) is 65.5 Å². The molecule has 0 spiro atoms. The second-order valence-electron chi connectivity index (χ2n) is 5.67. The van der Waals surface area contributed by atoms with Gasteiger partial charge in [0, 0.05) is 29.9 Å². The monoisotopic (exact) mass is 331 g/mol. The zero-order valence-electron chi connectivity index (χ0n) is 13.8. The molecule has 2 N–H and O–H groups in total. The molecule has 0 saturated heterocycles. The number of aromatic nitrogens is 3. The third-order valence-electron chi connectivity index (χ3n) is 3.95. The van der Waals surface area contributed by atoms with Crippen molar-refractivity contribution in [3.8, 4) is 17.3 Å². The van der Waals surface area contributed by atoms with E-state index in [-0.39, 0.29) is 5.91 Å². The van der Waals surface area contributed by atoms with E-state index >= 15 is 0 Å². The van der Waals surface area contributed by atoms with Crippen LogP contribution >= 0.6 is 0 Å². The van der Waals surface area contributed by atoms with Gasteiger partial charge in [-0.3, -0.25) is 14.9 Å². The van der Waals surface area contributed by atoms with Crippen molar-refractivity contribution in [2.24, 2.45) is 0 Å². The van der Waals surface area contributed by atoms with Crippen LogP contribution in [0.25, 0.3) is 11.3 Å². The van der Waals surface area contributed by atoms with Crippen LogP contribution in [-0.4, -0.2) is 21.1 Å². The fourth-order valence-corrected chi connectivity index (χ4v) is 2.52. The van der Waals surface area contributed by atoms with Gasteiger partial charge in [0.2, 0.25) is 5.91 Å². The summed E-state index contributed by atoms with van der Waals surface area (Å²) in [4.78, 5) is 16.2. The molecule has 1 aromatic carbocycles. The first-order valence-electron chi connectivity index (χ1n) is 7.91. The third kappa shape index (κ3) is 3.90. The van der Waals surface area contributed by atoms with E-state index in [0.717, 1.165) is 22.4 Å². The lowest BCUT2D eigenvalue weighted by atomic mass is 10.1. The minimum Gasteiger partial charge on any atom is -0.311 e. The first-order chi connectivity index (χ1) is 12.2. The van der Waals surface area contributed by atoms with Crippen LogP contribution in [0.5, 0.6) is 0 Å². The van der Waals surface area contributed by atoms with E-state index < -0.39 is 0 Å². The Labute approximate surface area is 145 Å². The molecular formula is C19H17N5O. The Morgan fingerprint density at radius 2 is 1.92 bits per heavy atom. The zero-order chi connectivity index (χ0) is 17.6. The number of H-pyrrole nitrogens is 1. The van der Waals surface area contributed by atoms with Gasteiger partial charge in [-0.1, -0.05) is 12.1 Å². The Kier molecular flexibility index (Phi) is 4.86. The molecule has 3 aromatic rings. The van der Waals surface area contributed by atoms with Crippen LogP contribution in [0.15, 0.2) is 48.8 Å². The number of carbonyl (C=O) groups is 1. The highest BCUT2D eigenvalue weighted by atomic mass is 16.1. The minimum atomic E-state index is -0.0858. The van der Waals surface area contributed by atoms with Gasteiger partial charge in [-0.05, 0) is 43.2 Å². The molecule has 3 rings (SSSR count). The molecule has 0 aliphatic heterocycles. The number of amides is 1. The number of benzene rings is 1. The standard InChI is InChI=1S/C19H17N5O/c1-13-18(16-8-10-21-11-9-16)23-24-19(13)22-17(25)7-6-14-2-4-15(12-20)5-3-14/h2-5,8-11H,6-7H2,1H3,(H2,22,23,24,25). The quantitative estimate of drug-likeness (QED) is 0.750. The topological polar surface area (TPSA) is 94.5 Å². The molecule has 2 aromatic heterocycles. The van der Waals surface area contributed by atoms with Gasteiger partial charge in [0.1, 0.15) is 5.82 Å². The Balaban J connectivity index is 1.61.